The summed E-state index contributed by atoms with van der Waals surface area (Å²) in [5.41, 5.74) is -0.406. The number of alkyl halides is 3. The number of rotatable bonds is 9. The second-order valence-corrected chi connectivity index (χ2v) is 6.42. The third-order valence-electron chi connectivity index (χ3n) is 3.71. The minimum absolute atomic E-state index is 0.0324. The minimum atomic E-state index is -4.54. The first kappa shape index (κ1) is 23.3. The number of benzene rings is 1. The Morgan fingerprint density at radius 1 is 1.17 bits per heavy atom. The molecule has 0 aliphatic carbocycles. The maximum atomic E-state index is 12.6. The van der Waals surface area contributed by atoms with E-state index in [-0.39, 0.29) is 30.4 Å². The number of nitrogens with zero attached hydrogens (tertiary/aromatic N) is 1. The number of pyridine rings is 1. The highest BCUT2D eigenvalue weighted by Gasteiger charge is 2.31. The van der Waals surface area contributed by atoms with Crippen molar-refractivity contribution in [3.8, 4) is 5.75 Å². The zero-order valence-corrected chi connectivity index (χ0v) is 16.7. The highest BCUT2D eigenvalue weighted by molar-refractivity contribution is 6.33. The lowest BCUT2D eigenvalue weighted by Gasteiger charge is -2.11. The summed E-state index contributed by atoms with van der Waals surface area (Å²) in [6, 6.07) is 7.53. The second kappa shape index (κ2) is 10.7. The van der Waals surface area contributed by atoms with Gasteiger partial charge < -0.3 is 20.7 Å². The van der Waals surface area contributed by atoms with Crippen LogP contribution in [0.4, 0.5) is 24.7 Å². The Morgan fingerprint density at radius 2 is 1.87 bits per heavy atom. The monoisotopic (exact) mass is 444 g/mol. The maximum Gasteiger partial charge on any atom is 0.417 e. The van der Waals surface area contributed by atoms with Gasteiger partial charge in [0.1, 0.15) is 11.6 Å². The summed E-state index contributed by atoms with van der Waals surface area (Å²) in [5, 5.41) is 7.55. The van der Waals surface area contributed by atoms with Crippen LogP contribution in [-0.2, 0) is 15.8 Å². The number of hydrogen-bond acceptors (Lipinski definition) is 5. The van der Waals surface area contributed by atoms with Crippen LogP contribution in [0.15, 0.2) is 36.5 Å². The van der Waals surface area contributed by atoms with Gasteiger partial charge in [-0.2, -0.15) is 13.2 Å². The maximum absolute atomic E-state index is 12.6. The molecule has 1 heterocycles. The van der Waals surface area contributed by atoms with E-state index in [1.54, 1.807) is 24.3 Å². The van der Waals surface area contributed by atoms with Crippen LogP contribution in [0.25, 0.3) is 0 Å². The van der Waals surface area contributed by atoms with E-state index in [4.69, 9.17) is 16.3 Å². The summed E-state index contributed by atoms with van der Waals surface area (Å²) in [4.78, 5) is 27.3. The number of ether oxygens (including phenoxy) is 1. The molecular formula is C19H20ClF3N4O3. The molecule has 0 fully saturated rings. The number of nitrogens with one attached hydrogen (secondary N) is 3. The molecule has 0 unspecified atom stereocenters. The van der Waals surface area contributed by atoms with Crippen molar-refractivity contribution in [1.82, 2.24) is 10.3 Å². The normalized spacial score (nSPS) is 11.0. The zero-order valence-electron chi connectivity index (χ0n) is 16.0. The summed E-state index contributed by atoms with van der Waals surface area (Å²) in [6.07, 6.45) is -3.92. The van der Waals surface area contributed by atoms with Gasteiger partial charge in [-0.05, 0) is 37.3 Å². The molecule has 0 saturated heterocycles. The van der Waals surface area contributed by atoms with Crippen molar-refractivity contribution in [1.29, 1.82) is 0 Å². The van der Waals surface area contributed by atoms with Gasteiger partial charge in [0.2, 0.25) is 11.8 Å². The van der Waals surface area contributed by atoms with Crippen LogP contribution in [0.1, 0.15) is 18.9 Å². The van der Waals surface area contributed by atoms with Crippen molar-refractivity contribution in [3.05, 3.63) is 47.1 Å². The summed E-state index contributed by atoms with van der Waals surface area (Å²) in [7, 11) is 0. The van der Waals surface area contributed by atoms with Crippen LogP contribution >= 0.6 is 11.6 Å². The fourth-order valence-electron chi connectivity index (χ4n) is 2.29. The highest BCUT2D eigenvalue weighted by atomic mass is 35.5. The Morgan fingerprint density at radius 3 is 2.47 bits per heavy atom. The molecule has 0 aliphatic rings. The zero-order chi connectivity index (χ0) is 22.1. The smallest absolute Gasteiger partial charge is 0.417 e. The first-order valence-corrected chi connectivity index (χ1v) is 9.33. The molecular weight excluding hydrogens is 425 g/mol. The van der Waals surface area contributed by atoms with E-state index in [0.717, 1.165) is 6.07 Å². The molecule has 2 aromatic rings. The molecule has 0 saturated carbocycles. The average molecular weight is 445 g/mol. The summed E-state index contributed by atoms with van der Waals surface area (Å²) >= 11 is 5.77. The van der Waals surface area contributed by atoms with Gasteiger partial charge in [0.25, 0.3) is 0 Å². The van der Waals surface area contributed by atoms with Gasteiger partial charge >= 0.3 is 6.18 Å². The standard InChI is InChI=1S/C19H20ClF3N4O3/c1-2-30-14-5-3-13(4-6-14)27-17(29)11-25-16(28)7-8-24-18-15(20)9-12(10-26-18)19(21,22)23/h3-6,9-10H,2,7-8,11H2,1H3,(H,24,26)(H,25,28)(H,27,29). The van der Waals surface area contributed by atoms with Crippen LogP contribution in [0, 0.1) is 0 Å². The number of carbonyl (C=O) groups excluding carboxylic acids is 2. The molecule has 3 N–H and O–H groups in total. The minimum Gasteiger partial charge on any atom is -0.494 e. The number of halogens is 4. The lowest BCUT2D eigenvalue weighted by Crippen LogP contribution is -2.33. The predicted octanol–water partition coefficient (Wildman–Crippen LogP) is 3.71. The molecule has 30 heavy (non-hydrogen) atoms. The fraction of sp³-hybridized carbons (Fsp3) is 0.316. The Bertz CT molecular complexity index is 876. The SMILES string of the molecule is CCOc1ccc(NC(=O)CNC(=O)CCNc2ncc(C(F)(F)F)cc2Cl)cc1. The molecule has 0 aliphatic heterocycles. The van der Waals surface area contributed by atoms with E-state index in [2.05, 4.69) is 20.9 Å². The molecule has 162 valence electrons. The van der Waals surface area contributed by atoms with Crippen molar-refractivity contribution in [2.24, 2.45) is 0 Å². The van der Waals surface area contributed by atoms with Gasteiger partial charge in [-0.1, -0.05) is 11.6 Å². The number of anilines is 2. The third-order valence-corrected chi connectivity index (χ3v) is 4.00. The predicted molar refractivity (Wildman–Crippen MR) is 107 cm³/mol. The average Bonchev–Trinajstić information content (AvgIpc) is 2.68. The molecule has 2 amide bonds. The Kier molecular flexibility index (Phi) is 8.28. The van der Waals surface area contributed by atoms with E-state index in [1.165, 1.54) is 0 Å². The Balaban J connectivity index is 1.71. The van der Waals surface area contributed by atoms with Crippen molar-refractivity contribution in [2.75, 3.05) is 30.3 Å². The van der Waals surface area contributed by atoms with Crippen LogP contribution < -0.4 is 20.7 Å². The lowest BCUT2D eigenvalue weighted by atomic mass is 10.2. The van der Waals surface area contributed by atoms with Crippen LogP contribution in [0.3, 0.4) is 0 Å². The van der Waals surface area contributed by atoms with E-state index in [1.807, 2.05) is 6.92 Å². The Hall–Kier alpha value is -3.01. The first-order valence-electron chi connectivity index (χ1n) is 8.95. The first-order chi connectivity index (χ1) is 14.2. The van der Waals surface area contributed by atoms with Crippen LogP contribution in [0.5, 0.6) is 5.75 Å². The van der Waals surface area contributed by atoms with Crippen molar-refractivity contribution in [3.63, 3.8) is 0 Å². The third kappa shape index (κ3) is 7.43. The largest absolute Gasteiger partial charge is 0.494 e. The topological polar surface area (TPSA) is 92.4 Å². The number of aromatic nitrogens is 1. The van der Waals surface area contributed by atoms with Crippen LogP contribution in [0.2, 0.25) is 5.02 Å². The molecule has 11 heteroatoms. The highest BCUT2D eigenvalue weighted by Crippen LogP contribution is 2.32. The van der Waals surface area contributed by atoms with E-state index < -0.39 is 23.6 Å². The molecule has 1 aromatic heterocycles. The molecule has 0 bridgehead atoms. The van der Waals surface area contributed by atoms with Crippen LogP contribution in [-0.4, -0.2) is 36.5 Å². The van der Waals surface area contributed by atoms with Gasteiger partial charge in [0.15, 0.2) is 0 Å². The second-order valence-electron chi connectivity index (χ2n) is 6.01. The van der Waals surface area contributed by atoms with E-state index in [9.17, 15) is 22.8 Å². The Labute approximate surface area is 176 Å². The fourth-order valence-corrected chi connectivity index (χ4v) is 2.52. The molecule has 0 spiro atoms. The summed E-state index contributed by atoms with van der Waals surface area (Å²) < 4.78 is 43.1. The van der Waals surface area contributed by atoms with Gasteiger partial charge in [-0.3, -0.25) is 9.59 Å². The number of carbonyl (C=O) groups is 2. The quantitative estimate of drug-likeness (QED) is 0.548. The number of hydrogen-bond donors (Lipinski definition) is 3. The molecule has 1 aromatic carbocycles. The van der Waals surface area contributed by atoms with E-state index >= 15 is 0 Å². The molecule has 0 radical (unpaired) electrons. The van der Waals surface area contributed by atoms with Gasteiger partial charge in [0, 0.05) is 24.8 Å². The van der Waals surface area contributed by atoms with Gasteiger partial charge in [0.05, 0.1) is 23.7 Å². The molecule has 2 rings (SSSR count). The van der Waals surface area contributed by atoms with Gasteiger partial charge in [-0.25, -0.2) is 4.98 Å². The van der Waals surface area contributed by atoms with Crippen molar-refractivity contribution < 1.29 is 27.5 Å². The van der Waals surface area contributed by atoms with Crippen molar-refractivity contribution >= 4 is 34.9 Å². The van der Waals surface area contributed by atoms with E-state index in [0.29, 0.717) is 24.2 Å². The summed E-state index contributed by atoms with van der Waals surface area (Å²) in [6.45, 7) is 2.24. The molecule has 0 atom stereocenters. The molecule has 7 nitrogen and oxygen atoms in total. The van der Waals surface area contributed by atoms with Crippen molar-refractivity contribution in [2.45, 2.75) is 19.5 Å². The number of amides is 2. The van der Waals surface area contributed by atoms with Gasteiger partial charge in [-0.15, -0.1) is 0 Å². The lowest BCUT2D eigenvalue weighted by molar-refractivity contribution is -0.137. The summed E-state index contributed by atoms with van der Waals surface area (Å²) in [5.74, 6) is -0.120.